The molecule has 0 radical (unpaired) electrons. The number of piperidine rings is 1. The normalized spacial score (nSPS) is 20.3. The van der Waals surface area contributed by atoms with Gasteiger partial charge >= 0.3 is 0 Å². The molecule has 0 N–H and O–H groups in total. The van der Waals surface area contributed by atoms with E-state index in [4.69, 9.17) is 18.0 Å². The van der Waals surface area contributed by atoms with E-state index in [1.165, 1.54) is 18.4 Å². The number of rotatable bonds is 4. The van der Waals surface area contributed by atoms with Gasteiger partial charge in [0.25, 0.3) is 0 Å². The monoisotopic (exact) mass is 289 g/mol. The summed E-state index contributed by atoms with van der Waals surface area (Å²) in [5.41, 5.74) is 1.30. The van der Waals surface area contributed by atoms with Gasteiger partial charge in [-0.15, -0.1) is 6.42 Å². The maximum absolute atomic E-state index is 5.99. The highest BCUT2D eigenvalue weighted by molar-refractivity contribution is 6.30. The van der Waals surface area contributed by atoms with Crippen LogP contribution in [0.2, 0.25) is 5.02 Å². The Bertz CT molecular complexity index is 451. The minimum Gasteiger partial charge on any atom is -0.289 e. The van der Waals surface area contributed by atoms with Crippen molar-refractivity contribution in [2.45, 2.75) is 45.1 Å². The minimum atomic E-state index is 0.202. The fraction of sp³-hybridized carbons (Fsp3) is 0.556. The first-order chi connectivity index (χ1) is 9.65. The lowest BCUT2D eigenvalue weighted by Gasteiger charge is -2.38. The van der Waals surface area contributed by atoms with Crippen LogP contribution in [0, 0.1) is 18.3 Å². The van der Waals surface area contributed by atoms with E-state index in [9.17, 15) is 0 Å². The van der Waals surface area contributed by atoms with E-state index in [2.05, 4.69) is 36.8 Å². The highest BCUT2D eigenvalue weighted by Gasteiger charge is 2.28. The Morgan fingerprint density at radius 2 is 1.90 bits per heavy atom. The summed E-state index contributed by atoms with van der Waals surface area (Å²) in [6.45, 7) is 6.80. The summed E-state index contributed by atoms with van der Waals surface area (Å²) in [7, 11) is 0. The number of hydrogen-bond donors (Lipinski definition) is 0. The summed E-state index contributed by atoms with van der Waals surface area (Å²) < 4.78 is 0. The number of likely N-dealkylation sites (tertiary alicyclic amines) is 1. The Hall–Kier alpha value is -0.970. The molecule has 1 aliphatic rings. The van der Waals surface area contributed by atoms with Crippen molar-refractivity contribution in [1.82, 2.24) is 4.90 Å². The standard InChI is InChI=1S/C18H24ClN/c1-4-17(15-6-8-16(19)9-7-15)18(5-2)20-12-10-14(3)11-13-20/h2,6-9,14,17-18H,4,10-13H2,1,3H3. The Balaban J connectivity index is 2.15. The average molecular weight is 290 g/mol. The second kappa shape index (κ2) is 7.16. The maximum Gasteiger partial charge on any atom is 0.0781 e. The minimum absolute atomic E-state index is 0.202. The van der Waals surface area contributed by atoms with Gasteiger partial charge in [-0.05, 0) is 56.0 Å². The van der Waals surface area contributed by atoms with Gasteiger partial charge in [0.05, 0.1) is 6.04 Å². The second-order valence-corrected chi connectivity index (χ2v) is 6.33. The van der Waals surface area contributed by atoms with Gasteiger partial charge in [0, 0.05) is 10.9 Å². The van der Waals surface area contributed by atoms with Crippen LogP contribution in [0.3, 0.4) is 0 Å². The van der Waals surface area contributed by atoms with Gasteiger partial charge in [-0.2, -0.15) is 0 Å². The summed E-state index contributed by atoms with van der Waals surface area (Å²) in [5.74, 6) is 4.27. The lowest BCUT2D eigenvalue weighted by Crippen LogP contribution is -2.43. The van der Waals surface area contributed by atoms with E-state index in [-0.39, 0.29) is 6.04 Å². The molecule has 2 rings (SSSR count). The molecule has 1 aromatic rings. The van der Waals surface area contributed by atoms with Crippen molar-refractivity contribution >= 4 is 11.6 Å². The Morgan fingerprint density at radius 1 is 1.30 bits per heavy atom. The first-order valence-electron chi connectivity index (χ1n) is 7.61. The van der Waals surface area contributed by atoms with Crippen molar-refractivity contribution in [2.75, 3.05) is 13.1 Å². The van der Waals surface area contributed by atoms with Gasteiger partial charge < -0.3 is 0 Å². The van der Waals surface area contributed by atoms with Crippen LogP contribution in [-0.4, -0.2) is 24.0 Å². The molecule has 2 heteroatoms. The SMILES string of the molecule is C#CC(C(CC)c1ccc(Cl)cc1)N1CCC(C)CC1. The topological polar surface area (TPSA) is 3.24 Å². The van der Waals surface area contributed by atoms with Crippen LogP contribution in [0.15, 0.2) is 24.3 Å². The molecule has 2 atom stereocenters. The molecule has 1 nitrogen and oxygen atoms in total. The summed E-state index contributed by atoms with van der Waals surface area (Å²) >= 11 is 5.99. The van der Waals surface area contributed by atoms with Crippen LogP contribution in [0.4, 0.5) is 0 Å². The summed E-state index contributed by atoms with van der Waals surface area (Å²) in [6.07, 6.45) is 9.44. The average Bonchev–Trinajstić information content (AvgIpc) is 2.47. The lowest BCUT2D eigenvalue weighted by molar-refractivity contribution is 0.148. The molecule has 1 aromatic carbocycles. The number of terminal acetylenes is 1. The molecule has 1 aliphatic heterocycles. The van der Waals surface area contributed by atoms with E-state index in [1.807, 2.05) is 12.1 Å². The molecule has 0 amide bonds. The molecule has 1 saturated heterocycles. The largest absolute Gasteiger partial charge is 0.289 e. The van der Waals surface area contributed by atoms with E-state index in [0.29, 0.717) is 5.92 Å². The van der Waals surface area contributed by atoms with Crippen molar-refractivity contribution < 1.29 is 0 Å². The van der Waals surface area contributed by atoms with Crippen molar-refractivity contribution in [1.29, 1.82) is 0 Å². The Morgan fingerprint density at radius 3 is 2.40 bits per heavy atom. The number of halogens is 1. The smallest absolute Gasteiger partial charge is 0.0781 e. The third-order valence-corrected chi connectivity index (χ3v) is 4.75. The predicted octanol–water partition coefficient (Wildman–Crippen LogP) is 4.57. The third-order valence-electron chi connectivity index (χ3n) is 4.50. The van der Waals surface area contributed by atoms with Crippen LogP contribution >= 0.6 is 11.6 Å². The number of benzene rings is 1. The molecule has 0 spiro atoms. The molecular formula is C18H24ClN. The van der Waals surface area contributed by atoms with Crippen LogP contribution in [0.1, 0.15) is 44.6 Å². The molecule has 1 fully saturated rings. The maximum atomic E-state index is 5.99. The van der Waals surface area contributed by atoms with Gasteiger partial charge in [-0.3, -0.25) is 4.90 Å². The van der Waals surface area contributed by atoms with Crippen molar-refractivity contribution in [3.8, 4) is 12.3 Å². The summed E-state index contributed by atoms with van der Waals surface area (Å²) in [6, 6.07) is 8.37. The van der Waals surface area contributed by atoms with E-state index in [0.717, 1.165) is 30.5 Å². The molecule has 0 aliphatic carbocycles. The van der Waals surface area contributed by atoms with Crippen molar-refractivity contribution in [2.24, 2.45) is 5.92 Å². The van der Waals surface area contributed by atoms with Gasteiger partial charge in [-0.25, -0.2) is 0 Å². The molecule has 0 saturated carbocycles. The zero-order valence-electron chi connectivity index (χ0n) is 12.5. The molecule has 20 heavy (non-hydrogen) atoms. The fourth-order valence-corrected chi connectivity index (χ4v) is 3.26. The van der Waals surface area contributed by atoms with Crippen LogP contribution in [-0.2, 0) is 0 Å². The van der Waals surface area contributed by atoms with Crippen LogP contribution < -0.4 is 0 Å². The molecule has 0 aromatic heterocycles. The van der Waals surface area contributed by atoms with Gasteiger partial charge in [0.2, 0.25) is 0 Å². The lowest BCUT2D eigenvalue weighted by atomic mass is 9.86. The van der Waals surface area contributed by atoms with Gasteiger partial charge in [0.1, 0.15) is 0 Å². The van der Waals surface area contributed by atoms with E-state index >= 15 is 0 Å². The molecule has 1 heterocycles. The summed E-state index contributed by atoms with van der Waals surface area (Å²) in [4.78, 5) is 2.49. The fourth-order valence-electron chi connectivity index (χ4n) is 3.13. The third kappa shape index (κ3) is 3.57. The second-order valence-electron chi connectivity index (χ2n) is 5.90. The van der Waals surface area contributed by atoms with Crippen LogP contribution in [0.5, 0.6) is 0 Å². The van der Waals surface area contributed by atoms with Crippen molar-refractivity contribution in [3.05, 3.63) is 34.9 Å². The highest BCUT2D eigenvalue weighted by Crippen LogP contribution is 2.30. The Labute approximate surface area is 128 Å². The van der Waals surface area contributed by atoms with E-state index in [1.54, 1.807) is 0 Å². The number of hydrogen-bond acceptors (Lipinski definition) is 1. The van der Waals surface area contributed by atoms with Gasteiger partial charge in [-0.1, -0.05) is 43.5 Å². The Kier molecular flexibility index (Phi) is 5.52. The van der Waals surface area contributed by atoms with Crippen LogP contribution in [0.25, 0.3) is 0 Å². The zero-order chi connectivity index (χ0) is 14.5. The predicted molar refractivity (Wildman–Crippen MR) is 87.1 cm³/mol. The molecule has 2 unspecified atom stereocenters. The van der Waals surface area contributed by atoms with Crippen molar-refractivity contribution in [3.63, 3.8) is 0 Å². The quantitative estimate of drug-likeness (QED) is 0.734. The first-order valence-corrected chi connectivity index (χ1v) is 7.99. The molecule has 0 bridgehead atoms. The highest BCUT2D eigenvalue weighted by atomic mass is 35.5. The molecular weight excluding hydrogens is 266 g/mol. The number of nitrogens with zero attached hydrogens (tertiary/aromatic N) is 1. The van der Waals surface area contributed by atoms with Gasteiger partial charge in [0.15, 0.2) is 0 Å². The summed E-state index contributed by atoms with van der Waals surface area (Å²) in [5, 5.41) is 0.785. The van der Waals surface area contributed by atoms with E-state index < -0.39 is 0 Å². The molecule has 108 valence electrons. The zero-order valence-corrected chi connectivity index (χ0v) is 13.2. The first kappa shape index (κ1) is 15.4.